The summed E-state index contributed by atoms with van der Waals surface area (Å²) in [4.78, 5) is 2.18. The highest BCUT2D eigenvalue weighted by Crippen LogP contribution is 2.24. The van der Waals surface area contributed by atoms with Crippen LogP contribution in [-0.2, 0) is 6.54 Å². The molecule has 0 spiro atoms. The molecule has 3 nitrogen and oxygen atoms in total. The van der Waals surface area contributed by atoms with Gasteiger partial charge < -0.3 is 15.3 Å². The van der Waals surface area contributed by atoms with Crippen LogP contribution < -0.4 is 10.2 Å². The van der Waals surface area contributed by atoms with Crippen LogP contribution >= 0.6 is 0 Å². The maximum absolute atomic E-state index is 14.0. The minimum Gasteiger partial charge on any atom is -0.396 e. The average molecular weight is 280 g/mol. The highest BCUT2D eigenvalue weighted by Gasteiger charge is 2.14. The Kier molecular flexibility index (Phi) is 6.27. The molecule has 0 aliphatic carbocycles. The number of aliphatic hydroxyl groups is 1. The molecule has 1 aromatic carbocycles. The molecule has 0 unspecified atom stereocenters. The monoisotopic (exact) mass is 280 g/mol. The van der Waals surface area contributed by atoms with Crippen molar-refractivity contribution < 1.29 is 9.50 Å². The van der Waals surface area contributed by atoms with Crippen molar-refractivity contribution in [1.29, 1.82) is 0 Å². The van der Waals surface area contributed by atoms with Crippen molar-refractivity contribution in [2.75, 3.05) is 31.1 Å². The fourth-order valence-corrected chi connectivity index (χ4v) is 2.66. The molecule has 1 aliphatic rings. The molecular formula is C16H25FN2O. The summed E-state index contributed by atoms with van der Waals surface area (Å²) >= 11 is 0. The molecule has 1 saturated heterocycles. The first kappa shape index (κ1) is 15.3. The van der Waals surface area contributed by atoms with Crippen molar-refractivity contribution in [1.82, 2.24) is 5.32 Å². The van der Waals surface area contributed by atoms with Gasteiger partial charge in [0.25, 0.3) is 0 Å². The summed E-state index contributed by atoms with van der Waals surface area (Å²) in [6.07, 6.45) is 5.55. The highest BCUT2D eigenvalue weighted by molar-refractivity contribution is 5.50. The minimum absolute atomic E-state index is 0.119. The fourth-order valence-electron chi connectivity index (χ4n) is 2.66. The molecule has 0 saturated carbocycles. The number of aliphatic hydroxyl groups excluding tert-OH is 1. The molecule has 20 heavy (non-hydrogen) atoms. The molecule has 4 heteroatoms. The molecule has 2 rings (SSSR count). The van der Waals surface area contributed by atoms with E-state index in [1.54, 1.807) is 6.07 Å². The van der Waals surface area contributed by atoms with Gasteiger partial charge in [-0.2, -0.15) is 0 Å². The van der Waals surface area contributed by atoms with Crippen molar-refractivity contribution in [3.8, 4) is 0 Å². The standard InChI is InChI=1S/C16H25FN2O/c17-15-7-6-14(13-18-8-5-11-20)12-16(15)19-9-3-1-2-4-10-19/h6-7,12,18,20H,1-5,8-11,13H2. The number of hydrogen-bond acceptors (Lipinski definition) is 3. The van der Waals surface area contributed by atoms with Crippen molar-refractivity contribution in [3.05, 3.63) is 29.6 Å². The number of rotatable bonds is 6. The second kappa shape index (κ2) is 8.22. The molecule has 0 aromatic heterocycles. The predicted octanol–water partition coefficient (Wildman–Crippen LogP) is 2.68. The van der Waals surface area contributed by atoms with Crippen LogP contribution in [0.1, 0.15) is 37.7 Å². The van der Waals surface area contributed by atoms with Gasteiger partial charge in [0.15, 0.2) is 0 Å². The third-order valence-electron chi connectivity index (χ3n) is 3.80. The van der Waals surface area contributed by atoms with E-state index >= 15 is 0 Å². The Hall–Kier alpha value is -1.13. The summed E-state index contributed by atoms with van der Waals surface area (Å²) in [6, 6.07) is 5.37. The molecule has 1 aromatic rings. The van der Waals surface area contributed by atoms with Gasteiger partial charge in [-0.25, -0.2) is 4.39 Å². The van der Waals surface area contributed by atoms with E-state index in [1.165, 1.54) is 12.8 Å². The molecule has 1 fully saturated rings. The van der Waals surface area contributed by atoms with Gasteiger partial charge in [0.05, 0.1) is 5.69 Å². The summed E-state index contributed by atoms with van der Waals surface area (Å²) < 4.78 is 14.0. The second-order valence-corrected chi connectivity index (χ2v) is 5.44. The second-order valence-electron chi connectivity index (χ2n) is 5.44. The van der Waals surface area contributed by atoms with E-state index in [9.17, 15) is 4.39 Å². The van der Waals surface area contributed by atoms with Gasteiger partial charge >= 0.3 is 0 Å². The summed E-state index contributed by atoms with van der Waals surface area (Å²) in [7, 11) is 0. The Labute approximate surface area is 120 Å². The van der Waals surface area contributed by atoms with Crippen LogP contribution in [0.2, 0.25) is 0 Å². The van der Waals surface area contributed by atoms with Gasteiger partial charge in [0.2, 0.25) is 0 Å². The predicted molar refractivity (Wildman–Crippen MR) is 80.5 cm³/mol. The minimum atomic E-state index is -0.119. The van der Waals surface area contributed by atoms with Crippen molar-refractivity contribution in [2.24, 2.45) is 0 Å². The lowest BCUT2D eigenvalue weighted by molar-refractivity contribution is 0.286. The van der Waals surface area contributed by atoms with E-state index in [0.717, 1.165) is 56.7 Å². The zero-order chi connectivity index (χ0) is 14.2. The normalized spacial score (nSPS) is 16.2. The Morgan fingerprint density at radius 3 is 2.60 bits per heavy atom. The molecule has 1 heterocycles. The zero-order valence-electron chi connectivity index (χ0n) is 12.1. The first-order chi connectivity index (χ1) is 9.81. The first-order valence-corrected chi connectivity index (χ1v) is 7.66. The topological polar surface area (TPSA) is 35.5 Å². The van der Waals surface area contributed by atoms with Crippen molar-refractivity contribution in [2.45, 2.75) is 38.6 Å². The van der Waals surface area contributed by atoms with Crippen LogP contribution in [0.3, 0.4) is 0 Å². The van der Waals surface area contributed by atoms with E-state index in [2.05, 4.69) is 10.2 Å². The molecule has 112 valence electrons. The van der Waals surface area contributed by atoms with Crippen LogP contribution in [0, 0.1) is 5.82 Å². The van der Waals surface area contributed by atoms with Crippen LogP contribution in [0.5, 0.6) is 0 Å². The smallest absolute Gasteiger partial charge is 0.146 e. The number of anilines is 1. The first-order valence-electron chi connectivity index (χ1n) is 7.66. The number of hydrogen-bond donors (Lipinski definition) is 2. The van der Waals surface area contributed by atoms with Crippen molar-refractivity contribution in [3.63, 3.8) is 0 Å². The van der Waals surface area contributed by atoms with Gasteiger partial charge in [0.1, 0.15) is 5.82 Å². The number of nitrogens with one attached hydrogen (secondary N) is 1. The Morgan fingerprint density at radius 1 is 1.15 bits per heavy atom. The number of benzene rings is 1. The summed E-state index contributed by atoms with van der Waals surface area (Å²) in [5.41, 5.74) is 1.84. The van der Waals surface area contributed by atoms with Crippen LogP contribution in [0.4, 0.5) is 10.1 Å². The van der Waals surface area contributed by atoms with Gasteiger partial charge in [-0.05, 0) is 43.5 Å². The fraction of sp³-hybridized carbons (Fsp3) is 0.625. The SMILES string of the molecule is OCCCNCc1ccc(F)c(N2CCCCCC2)c1. The highest BCUT2D eigenvalue weighted by atomic mass is 19.1. The maximum atomic E-state index is 14.0. The Bertz CT molecular complexity index is 403. The maximum Gasteiger partial charge on any atom is 0.146 e. The average Bonchev–Trinajstić information content (AvgIpc) is 2.74. The van der Waals surface area contributed by atoms with Crippen LogP contribution in [0.15, 0.2) is 18.2 Å². The van der Waals surface area contributed by atoms with E-state index in [-0.39, 0.29) is 12.4 Å². The van der Waals surface area contributed by atoms with Gasteiger partial charge in [-0.3, -0.25) is 0 Å². The third-order valence-corrected chi connectivity index (χ3v) is 3.80. The molecule has 2 N–H and O–H groups in total. The Morgan fingerprint density at radius 2 is 1.90 bits per heavy atom. The van der Waals surface area contributed by atoms with E-state index < -0.39 is 0 Å². The van der Waals surface area contributed by atoms with Gasteiger partial charge in [-0.1, -0.05) is 18.9 Å². The summed E-state index contributed by atoms with van der Waals surface area (Å²) in [5, 5.41) is 12.0. The molecule has 0 atom stereocenters. The quantitative estimate of drug-likeness (QED) is 0.786. The Balaban J connectivity index is 1.99. The van der Waals surface area contributed by atoms with Crippen LogP contribution in [-0.4, -0.2) is 31.3 Å². The summed E-state index contributed by atoms with van der Waals surface area (Å²) in [5.74, 6) is -0.119. The van der Waals surface area contributed by atoms with Crippen LogP contribution in [0.25, 0.3) is 0 Å². The van der Waals surface area contributed by atoms with E-state index in [4.69, 9.17) is 5.11 Å². The number of nitrogens with zero attached hydrogens (tertiary/aromatic N) is 1. The van der Waals surface area contributed by atoms with E-state index in [0.29, 0.717) is 0 Å². The lowest BCUT2D eigenvalue weighted by Crippen LogP contribution is -2.25. The van der Waals surface area contributed by atoms with Gasteiger partial charge in [0, 0.05) is 26.2 Å². The molecule has 0 bridgehead atoms. The lowest BCUT2D eigenvalue weighted by atomic mass is 10.1. The molecular weight excluding hydrogens is 255 g/mol. The molecule has 0 amide bonds. The lowest BCUT2D eigenvalue weighted by Gasteiger charge is -2.23. The largest absolute Gasteiger partial charge is 0.396 e. The number of halogens is 1. The van der Waals surface area contributed by atoms with Gasteiger partial charge in [-0.15, -0.1) is 0 Å². The third kappa shape index (κ3) is 4.46. The summed E-state index contributed by atoms with van der Waals surface area (Å²) in [6.45, 7) is 3.63. The van der Waals surface area contributed by atoms with Crippen molar-refractivity contribution >= 4 is 5.69 Å². The molecule has 0 radical (unpaired) electrons. The zero-order valence-corrected chi connectivity index (χ0v) is 12.1. The van der Waals surface area contributed by atoms with E-state index in [1.807, 2.05) is 12.1 Å². The molecule has 1 aliphatic heterocycles.